The number of nitrogens with one attached hydrogen (secondary N) is 2. The number of fused-ring (bicyclic) bond motifs is 1. The molecule has 3 N–H and O–H groups in total. The van der Waals surface area contributed by atoms with E-state index < -0.39 is 0 Å². The van der Waals surface area contributed by atoms with Crippen LogP contribution in [0.2, 0.25) is 0 Å². The summed E-state index contributed by atoms with van der Waals surface area (Å²) in [5.41, 5.74) is 4.17. The van der Waals surface area contributed by atoms with Crippen molar-refractivity contribution in [1.82, 2.24) is 5.43 Å². The van der Waals surface area contributed by atoms with Crippen LogP contribution in [0.25, 0.3) is 11.1 Å². The maximum atomic E-state index is 11.7. The fraction of sp³-hybridized carbons (Fsp3) is 0.0625. The second-order valence-corrected chi connectivity index (χ2v) is 5.76. The molecule has 0 aliphatic carbocycles. The number of hydrazone groups is 1. The van der Waals surface area contributed by atoms with Crippen LogP contribution in [0, 0.1) is 0 Å². The van der Waals surface area contributed by atoms with E-state index in [1.165, 1.54) is 30.1 Å². The Balaban J connectivity index is 1.53. The van der Waals surface area contributed by atoms with Gasteiger partial charge < -0.3 is 14.6 Å². The first-order chi connectivity index (χ1) is 11.6. The topological polar surface area (TPSA) is 112 Å². The maximum absolute atomic E-state index is 11.7. The van der Waals surface area contributed by atoms with Gasteiger partial charge in [-0.3, -0.25) is 4.79 Å². The number of carbonyl (C=O) groups is 1. The fourth-order valence-electron chi connectivity index (χ4n) is 1.93. The highest BCUT2D eigenvalue weighted by molar-refractivity contribution is 7.99. The first-order valence-corrected chi connectivity index (χ1v) is 7.96. The molecule has 1 amide bonds. The van der Waals surface area contributed by atoms with Crippen LogP contribution in [-0.4, -0.2) is 23.0 Å². The Morgan fingerprint density at radius 3 is 3.00 bits per heavy atom. The van der Waals surface area contributed by atoms with Gasteiger partial charge >= 0.3 is 5.22 Å². The van der Waals surface area contributed by atoms with E-state index in [1.807, 2.05) is 24.3 Å². The number of thioether (sulfide) groups is 1. The summed E-state index contributed by atoms with van der Waals surface area (Å²) in [6.07, 6.45) is 1.23. The van der Waals surface area contributed by atoms with Crippen molar-refractivity contribution in [2.75, 3.05) is 5.75 Å². The summed E-state index contributed by atoms with van der Waals surface area (Å²) >= 11 is 1.20. The molecule has 122 valence electrons. The molecule has 24 heavy (non-hydrogen) atoms. The minimum absolute atomic E-state index is 0.105. The quantitative estimate of drug-likeness (QED) is 0.411. The van der Waals surface area contributed by atoms with Crippen LogP contribution in [0.1, 0.15) is 5.56 Å². The van der Waals surface area contributed by atoms with Gasteiger partial charge in [-0.1, -0.05) is 23.9 Å². The summed E-state index contributed by atoms with van der Waals surface area (Å²) < 4.78 is 5.54. The second-order valence-electron chi connectivity index (χ2n) is 4.81. The maximum Gasteiger partial charge on any atom is 0.411 e. The number of phenols is 1. The minimum Gasteiger partial charge on any atom is -0.872 e. The zero-order valence-corrected chi connectivity index (χ0v) is 13.2. The number of hydrogen-bond donors (Lipinski definition) is 2. The molecule has 0 saturated heterocycles. The average Bonchev–Trinajstić information content (AvgIpc) is 2.98. The van der Waals surface area contributed by atoms with Crippen LogP contribution in [-0.2, 0) is 4.79 Å². The van der Waals surface area contributed by atoms with E-state index in [9.17, 15) is 9.90 Å². The molecule has 0 atom stereocenters. The third-order valence-electron chi connectivity index (χ3n) is 3.05. The molecule has 3 aromatic rings. The SMILES string of the molecule is O=C(CSc1[nH+]c2ccccc2o1)NN=Cc1ccc(O)cc1[O-]. The second kappa shape index (κ2) is 7.05. The molecule has 0 spiro atoms. The number of hydrogen-bond acceptors (Lipinski definition) is 6. The van der Waals surface area contributed by atoms with Crippen LogP contribution in [0.4, 0.5) is 0 Å². The summed E-state index contributed by atoms with van der Waals surface area (Å²) in [5, 5.41) is 24.9. The molecule has 0 unspecified atom stereocenters. The van der Waals surface area contributed by atoms with E-state index in [0.717, 1.165) is 11.6 Å². The molecule has 0 radical (unpaired) electrons. The van der Waals surface area contributed by atoms with Crippen molar-refractivity contribution in [2.45, 2.75) is 5.22 Å². The first kappa shape index (κ1) is 15.9. The Morgan fingerprint density at radius 1 is 1.38 bits per heavy atom. The number of oxazole rings is 1. The van der Waals surface area contributed by atoms with Gasteiger partial charge in [0, 0.05) is 6.07 Å². The van der Waals surface area contributed by atoms with Crippen molar-refractivity contribution in [1.29, 1.82) is 0 Å². The Kier molecular flexibility index (Phi) is 4.66. The van der Waals surface area contributed by atoms with Crippen molar-refractivity contribution in [3.8, 4) is 11.5 Å². The van der Waals surface area contributed by atoms with Gasteiger partial charge in [-0.15, -0.1) is 0 Å². The molecule has 3 rings (SSSR count). The van der Waals surface area contributed by atoms with Crippen LogP contribution >= 0.6 is 11.8 Å². The van der Waals surface area contributed by atoms with Gasteiger partial charge in [0.25, 0.3) is 5.91 Å². The zero-order chi connectivity index (χ0) is 16.9. The first-order valence-electron chi connectivity index (χ1n) is 6.97. The van der Waals surface area contributed by atoms with Crippen molar-refractivity contribution >= 4 is 35.0 Å². The summed E-state index contributed by atoms with van der Waals surface area (Å²) in [4.78, 5) is 14.8. The van der Waals surface area contributed by atoms with Gasteiger partial charge in [-0.05, 0) is 35.5 Å². The summed E-state index contributed by atoms with van der Waals surface area (Å²) in [7, 11) is 0. The van der Waals surface area contributed by atoms with E-state index in [-0.39, 0.29) is 28.7 Å². The molecule has 1 aromatic heterocycles. The van der Waals surface area contributed by atoms with Gasteiger partial charge in [-0.2, -0.15) is 10.1 Å². The third-order valence-corrected chi connectivity index (χ3v) is 3.90. The zero-order valence-electron chi connectivity index (χ0n) is 12.4. The highest BCUT2D eigenvalue weighted by Gasteiger charge is 2.14. The van der Waals surface area contributed by atoms with Crippen molar-refractivity contribution in [3.05, 3.63) is 48.0 Å². The van der Waals surface area contributed by atoms with Crippen molar-refractivity contribution in [2.24, 2.45) is 5.10 Å². The molecular formula is C16H13N3O4S. The number of aromatic amines is 1. The van der Waals surface area contributed by atoms with E-state index in [4.69, 9.17) is 9.52 Å². The standard InChI is InChI=1S/C16H13N3O4S/c20-11-6-5-10(13(21)7-11)8-17-19-15(22)9-24-16-18-12-3-1-2-4-14(12)23-16/h1-8,20-21H,9H2,(H,19,22). The molecule has 0 saturated carbocycles. The number of amides is 1. The molecule has 2 aromatic carbocycles. The lowest BCUT2D eigenvalue weighted by Crippen LogP contribution is -2.20. The lowest BCUT2D eigenvalue weighted by atomic mass is 10.2. The molecular weight excluding hydrogens is 330 g/mol. The van der Waals surface area contributed by atoms with Crippen molar-refractivity contribution in [3.63, 3.8) is 0 Å². The molecule has 0 aliphatic rings. The van der Waals surface area contributed by atoms with E-state index in [2.05, 4.69) is 15.5 Å². The number of phenolic OH excluding ortho intramolecular Hbond substituents is 1. The fourth-order valence-corrected chi connectivity index (χ4v) is 2.58. The van der Waals surface area contributed by atoms with Gasteiger partial charge in [-0.25, -0.2) is 5.43 Å². The lowest BCUT2D eigenvalue weighted by molar-refractivity contribution is -0.411. The number of rotatable bonds is 5. The normalized spacial score (nSPS) is 11.2. The molecule has 7 nitrogen and oxygen atoms in total. The number of para-hydroxylation sites is 2. The lowest BCUT2D eigenvalue weighted by Gasteiger charge is -2.09. The summed E-state index contributed by atoms with van der Waals surface area (Å²) in [5.74, 6) is -0.719. The largest absolute Gasteiger partial charge is 0.872 e. The van der Waals surface area contributed by atoms with Gasteiger partial charge in [0.15, 0.2) is 0 Å². The Labute approximate surface area is 141 Å². The molecule has 8 heteroatoms. The van der Waals surface area contributed by atoms with Gasteiger partial charge in [0.05, 0.1) is 12.0 Å². The Bertz CT molecular complexity index is 874. The smallest absolute Gasteiger partial charge is 0.411 e. The van der Waals surface area contributed by atoms with E-state index in [1.54, 1.807) is 0 Å². The predicted octanol–water partition coefficient (Wildman–Crippen LogP) is 1.27. The predicted molar refractivity (Wildman–Crippen MR) is 86.8 cm³/mol. The Hall–Kier alpha value is -3.00. The molecule has 0 fully saturated rings. The number of carbonyl (C=O) groups excluding carboxylic acids is 1. The van der Waals surface area contributed by atoms with Crippen LogP contribution < -0.4 is 15.5 Å². The Morgan fingerprint density at radius 2 is 2.21 bits per heavy atom. The number of aromatic hydroxyl groups is 1. The monoisotopic (exact) mass is 343 g/mol. The van der Waals surface area contributed by atoms with E-state index in [0.29, 0.717) is 10.8 Å². The van der Waals surface area contributed by atoms with Crippen LogP contribution in [0.15, 0.2) is 57.2 Å². The molecule has 0 aliphatic heterocycles. The summed E-state index contributed by atoms with van der Waals surface area (Å²) in [6.45, 7) is 0. The minimum atomic E-state index is -0.376. The van der Waals surface area contributed by atoms with Crippen LogP contribution in [0.3, 0.4) is 0 Å². The number of benzene rings is 2. The highest BCUT2D eigenvalue weighted by atomic mass is 32.2. The molecule has 1 heterocycles. The van der Waals surface area contributed by atoms with Crippen molar-refractivity contribution < 1.29 is 24.4 Å². The summed E-state index contributed by atoms with van der Waals surface area (Å²) in [6, 6.07) is 11.3. The number of aromatic nitrogens is 1. The van der Waals surface area contributed by atoms with E-state index >= 15 is 0 Å². The molecule has 0 bridgehead atoms. The number of H-pyrrole nitrogens is 1. The highest BCUT2D eigenvalue weighted by Crippen LogP contribution is 2.19. The number of nitrogens with zero attached hydrogens (tertiary/aromatic N) is 1. The van der Waals surface area contributed by atoms with Gasteiger partial charge in [0.1, 0.15) is 5.75 Å². The van der Waals surface area contributed by atoms with Crippen LogP contribution in [0.5, 0.6) is 11.5 Å². The van der Waals surface area contributed by atoms with Gasteiger partial charge in [0.2, 0.25) is 11.1 Å². The third kappa shape index (κ3) is 3.85. The average molecular weight is 343 g/mol.